The van der Waals surface area contributed by atoms with Gasteiger partial charge in [-0.2, -0.15) is 11.8 Å². The highest BCUT2D eigenvalue weighted by Crippen LogP contribution is 2.53. The highest BCUT2D eigenvalue weighted by molar-refractivity contribution is 7.99. The highest BCUT2D eigenvalue weighted by Gasteiger charge is 2.46. The van der Waals surface area contributed by atoms with Crippen LogP contribution in [0.2, 0.25) is 0 Å². The van der Waals surface area contributed by atoms with Gasteiger partial charge < -0.3 is 5.32 Å². The summed E-state index contributed by atoms with van der Waals surface area (Å²) in [6.45, 7) is 7.45. The fourth-order valence-electron chi connectivity index (χ4n) is 2.78. The Morgan fingerprint density at radius 2 is 1.77 bits per heavy atom. The first-order valence-corrected chi connectivity index (χ1v) is 6.60. The van der Waals surface area contributed by atoms with Crippen LogP contribution in [0.5, 0.6) is 0 Å². The molecule has 2 aliphatic heterocycles. The third-order valence-corrected chi connectivity index (χ3v) is 5.50. The maximum Gasteiger partial charge on any atom is -0.000473 e. The van der Waals surface area contributed by atoms with Crippen LogP contribution in [-0.4, -0.2) is 24.6 Å². The van der Waals surface area contributed by atoms with Gasteiger partial charge in [-0.25, -0.2) is 0 Å². The predicted molar refractivity (Wildman–Crippen MR) is 60.3 cm³/mol. The highest BCUT2D eigenvalue weighted by atomic mass is 32.2. The third kappa shape index (κ3) is 1.63. The van der Waals surface area contributed by atoms with E-state index >= 15 is 0 Å². The van der Waals surface area contributed by atoms with E-state index in [0.717, 1.165) is 0 Å². The monoisotopic (exact) mass is 199 g/mol. The van der Waals surface area contributed by atoms with Gasteiger partial charge >= 0.3 is 0 Å². The molecule has 13 heavy (non-hydrogen) atoms. The number of hydrogen-bond acceptors (Lipinski definition) is 2. The molecule has 0 aromatic heterocycles. The van der Waals surface area contributed by atoms with Crippen molar-refractivity contribution in [2.24, 2.45) is 10.8 Å². The van der Waals surface area contributed by atoms with E-state index < -0.39 is 0 Å². The van der Waals surface area contributed by atoms with Gasteiger partial charge in [0.1, 0.15) is 0 Å². The topological polar surface area (TPSA) is 12.0 Å². The van der Waals surface area contributed by atoms with Gasteiger partial charge in [-0.3, -0.25) is 0 Å². The van der Waals surface area contributed by atoms with Gasteiger partial charge in [0, 0.05) is 0 Å². The Bertz CT molecular complexity index is 174. The van der Waals surface area contributed by atoms with E-state index in [2.05, 4.69) is 30.9 Å². The maximum atomic E-state index is 3.48. The first-order chi connectivity index (χ1) is 6.16. The van der Waals surface area contributed by atoms with Gasteiger partial charge in [0.25, 0.3) is 0 Å². The summed E-state index contributed by atoms with van der Waals surface area (Å²) >= 11 is 2.17. The predicted octanol–water partition coefficient (Wildman–Crippen LogP) is 2.52. The maximum absolute atomic E-state index is 3.48. The van der Waals surface area contributed by atoms with Crippen molar-refractivity contribution in [1.82, 2.24) is 5.32 Å². The van der Waals surface area contributed by atoms with Crippen molar-refractivity contribution in [3.8, 4) is 0 Å². The van der Waals surface area contributed by atoms with Gasteiger partial charge in [-0.05, 0) is 54.7 Å². The normalized spacial score (nSPS) is 31.8. The largest absolute Gasteiger partial charge is 0.317 e. The molecule has 1 nitrogen and oxygen atoms in total. The third-order valence-electron chi connectivity index (χ3n) is 4.25. The van der Waals surface area contributed by atoms with Crippen LogP contribution in [-0.2, 0) is 0 Å². The summed E-state index contributed by atoms with van der Waals surface area (Å²) in [5.74, 6) is 2.78. The molecule has 2 heterocycles. The molecule has 0 unspecified atom stereocenters. The van der Waals surface area contributed by atoms with Crippen LogP contribution in [0, 0.1) is 10.8 Å². The number of thioether (sulfide) groups is 1. The molecule has 2 saturated heterocycles. The first kappa shape index (κ1) is 9.85. The van der Waals surface area contributed by atoms with Gasteiger partial charge in [0.05, 0.1) is 0 Å². The SMILES string of the molecule is CC1(C)CCSCC12CCNCC2. The van der Waals surface area contributed by atoms with Crippen LogP contribution in [0.15, 0.2) is 0 Å². The van der Waals surface area contributed by atoms with Gasteiger partial charge in [0.15, 0.2) is 0 Å². The van der Waals surface area contributed by atoms with Crippen LogP contribution < -0.4 is 5.32 Å². The molecule has 0 aromatic rings. The molecule has 0 atom stereocenters. The summed E-state index contributed by atoms with van der Waals surface area (Å²) in [5.41, 5.74) is 1.24. The number of rotatable bonds is 0. The molecular formula is C11H21NS. The van der Waals surface area contributed by atoms with Crippen LogP contribution >= 0.6 is 11.8 Å². The second-order valence-corrected chi connectivity index (χ2v) is 6.32. The summed E-state index contributed by atoms with van der Waals surface area (Å²) < 4.78 is 0. The molecule has 0 aliphatic carbocycles. The van der Waals surface area contributed by atoms with Crippen LogP contribution in [0.3, 0.4) is 0 Å². The average Bonchev–Trinajstić information content (AvgIpc) is 2.12. The zero-order chi connectivity index (χ0) is 9.36. The van der Waals surface area contributed by atoms with Gasteiger partial charge in [0.2, 0.25) is 0 Å². The molecule has 0 bridgehead atoms. The van der Waals surface area contributed by atoms with E-state index in [1.165, 1.54) is 43.9 Å². The zero-order valence-corrected chi connectivity index (χ0v) is 9.67. The Morgan fingerprint density at radius 3 is 2.38 bits per heavy atom. The van der Waals surface area contributed by atoms with E-state index in [-0.39, 0.29) is 0 Å². The van der Waals surface area contributed by atoms with Gasteiger partial charge in [-0.1, -0.05) is 13.8 Å². The second kappa shape index (κ2) is 3.47. The van der Waals surface area contributed by atoms with Crippen LogP contribution in [0.25, 0.3) is 0 Å². The van der Waals surface area contributed by atoms with E-state index in [1.54, 1.807) is 0 Å². The Labute approximate surface area is 86.0 Å². The average molecular weight is 199 g/mol. The summed E-state index contributed by atoms with van der Waals surface area (Å²) in [4.78, 5) is 0. The molecule has 1 N–H and O–H groups in total. The van der Waals surface area contributed by atoms with Crippen molar-refractivity contribution in [2.75, 3.05) is 24.6 Å². The zero-order valence-electron chi connectivity index (χ0n) is 8.86. The van der Waals surface area contributed by atoms with E-state index in [0.29, 0.717) is 10.8 Å². The lowest BCUT2D eigenvalue weighted by Gasteiger charge is -2.52. The minimum Gasteiger partial charge on any atom is -0.317 e. The van der Waals surface area contributed by atoms with Gasteiger partial charge in [-0.15, -0.1) is 0 Å². The summed E-state index contributed by atoms with van der Waals surface area (Å²) in [7, 11) is 0. The molecule has 2 aliphatic rings. The Kier molecular flexibility index (Phi) is 2.63. The molecule has 2 rings (SSSR count). The molecule has 76 valence electrons. The lowest BCUT2D eigenvalue weighted by Crippen LogP contribution is -2.49. The molecule has 0 aromatic carbocycles. The molecule has 2 heteroatoms. The summed E-state index contributed by atoms with van der Waals surface area (Å²) in [5, 5.41) is 3.48. The Hall–Kier alpha value is 0.310. The second-order valence-electron chi connectivity index (χ2n) is 5.22. The van der Waals surface area contributed by atoms with Crippen LogP contribution in [0.4, 0.5) is 0 Å². The first-order valence-electron chi connectivity index (χ1n) is 5.45. The summed E-state index contributed by atoms with van der Waals surface area (Å²) in [6, 6.07) is 0. The standard InChI is InChI=1S/C11H21NS/c1-10(2)5-8-13-9-11(10)3-6-12-7-4-11/h12H,3-9H2,1-2H3. The smallest absolute Gasteiger partial charge is 0.000473 e. The minimum atomic E-state index is 0.584. The fraction of sp³-hybridized carbons (Fsp3) is 1.00. The quantitative estimate of drug-likeness (QED) is 0.643. The molecular weight excluding hydrogens is 178 g/mol. The molecule has 0 radical (unpaired) electrons. The van der Waals surface area contributed by atoms with Crippen molar-refractivity contribution in [3.63, 3.8) is 0 Å². The molecule has 2 fully saturated rings. The van der Waals surface area contributed by atoms with Crippen molar-refractivity contribution >= 4 is 11.8 Å². The number of nitrogens with one attached hydrogen (secondary N) is 1. The molecule has 1 spiro atoms. The number of piperidine rings is 1. The summed E-state index contributed by atoms with van der Waals surface area (Å²) in [6.07, 6.45) is 4.21. The molecule has 0 saturated carbocycles. The fourth-order valence-corrected chi connectivity index (χ4v) is 4.65. The lowest BCUT2D eigenvalue weighted by molar-refractivity contribution is 0.0486. The number of hydrogen-bond donors (Lipinski definition) is 1. The van der Waals surface area contributed by atoms with Crippen molar-refractivity contribution in [3.05, 3.63) is 0 Å². The van der Waals surface area contributed by atoms with E-state index in [4.69, 9.17) is 0 Å². The van der Waals surface area contributed by atoms with Crippen molar-refractivity contribution in [1.29, 1.82) is 0 Å². The van der Waals surface area contributed by atoms with Crippen molar-refractivity contribution in [2.45, 2.75) is 33.1 Å². The van der Waals surface area contributed by atoms with E-state index in [9.17, 15) is 0 Å². The van der Waals surface area contributed by atoms with Crippen LogP contribution in [0.1, 0.15) is 33.1 Å². The molecule has 0 amide bonds. The lowest BCUT2D eigenvalue weighted by atomic mass is 9.60. The van der Waals surface area contributed by atoms with E-state index in [1.807, 2.05) is 0 Å². The minimum absolute atomic E-state index is 0.584. The Morgan fingerprint density at radius 1 is 1.08 bits per heavy atom. The van der Waals surface area contributed by atoms with Crippen molar-refractivity contribution < 1.29 is 0 Å². The Balaban J connectivity index is 2.16.